The largest absolute Gasteiger partial charge is 0.447 e. The number of carbonyl (C=O) groups excluding carboxylic acids is 1. The predicted molar refractivity (Wildman–Crippen MR) is 58.6 cm³/mol. The first-order chi connectivity index (χ1) is 7.77. The Kier molecular flexibility index (Phi) is 3.56. The van der Waals surface area contributed by atoms with Crippen LogP contribution in [0.5, 0.6) is 0 Å². The third kappa shape index (κ3) is 2.61. The summed E-state index contributed by atoms with van der Waals surface area (Å²) in [6.45, 7) is 4.22. The third-order valence-electron chi connectivity index (χ3n) is 2.85. The fourth-order valence-corrected chi connectivity index (χ4v) is 1.88. The van der Waals surface area contributed by atoms with E-state index in [1.807, 2.05) is 11.8 Å². The van der Waals surface area contributed by atoms with Gasteiger partial charge >= 0.3 is 0 Å². The second kappa shape index (κ2) is 5.12. The van der Waals surface area contributed by atoms with Crippen molar-refractivity contribution in [1.82, 2.24) is 15.2 Å². The zero-order valence-electron chi connectivity index (χ0n) is 9.48. The highest BCUT2D eigenvalue weighted by molar-refractivity contribution is 5.81. The maximum absolute atomic E-state index is 11.9. The van der Waals surface area contributed by atoms with Crippen LogP contribution in [0.1, 0.15) is 25.5 Å². The van der Waals surface area contributed by atoms with Crippen molar-refractivity contribution in [3.05, 3.63) is 18.4 Å². The van der Waals surface area contributed by atoms with Crippen molar-refractivity contribution in [3.63, 3.8) is 0 Å². The molecule has 5 heteroatoms. The van der Waals surface area contributed by atoms with E-state index in [9.17, 15) is 4.79 Å². The number of aromatic nitrogens is 1. The van der Waals surface area contributed by atoms with E-state index >= 15 is 0 Å². The minimum absolute atomic E-state index is 0.164. The van der Waals surface area contributed by atoms with E-state index in [1.165, 1.54) is 6.39 Å². The van der Waals surface area contributed by atoms with Crippen LogP contribution in [0.15, 0.2) is 17.0 Å². The lowest BCUT2D eigenvalue weighted by molar-refractivity contribution is -0.132. The van der Waals surface area contributed by atoms with Gasteiger partial charge in [-0.3, -0.25) is 10.1 Å². The van der Waals surface area contributed by atoms with Crippen LogP contribution in [0.4, 0.5) is 0 Å². The van der Waals surface area contributed by atoms with Gasteiger partial charge in [-0.25, -0.2) is 4.98 Å². The summed E-state index contributed by atoms with van der Waals surface area (Å²) in [6, 6.07) is -0.164. The van der Waals surface area contributed by atoms with E-state index in [1.54, 1.807) is 6.20 Å². The van der Waals surface area contributed by atoms with Crippen LogP contribution in [0.2, 0.25) is 0 Å². The second-order valence-electron chi connectivity index (χ2n) is 4.10. The van der Waals surface area contributed by atoms with E-state index in [2.05, 4.69) is 10.3 Å². The van der Waals surface area contributed by atoms with E-state index < -0.39 is 0 Å². The van der Waals surface area contributed by atoms with Gasteiger partial charge in [0.2, 0.25) is 5.91 Å². The van der Waals surface area contributed by atoms with Crippen LogP contribution >= 0.6 is 0 Å². The monoisotopic (exact) mass is 223 g/mol. The van der Waals surface area contributed by atoms with Crippen molar-refractivity contribution < 1.29 is 9.21 Å². The molecular weight excluding hydrogens is 206 g/mol. The lowest BCUT2D eigenvalue weighted by atomic mass is 10.3. The first-order valence-electron chi connectivity index (χ1n) is 5.67. The maximum atomic E-state index is 11.9. The molecule has 16 heavy (non-hydrogen) atoms. The number of hydrogen-bond acceptors (Lipinski definition) is 4. The second-order valence-corrected chi connectivity index (χ2v) is 4.10. The van der Waals surface area contributed by atoms with Crippen molar-refractivity contribution in [2.75, 3.05) is 13.1 Å². The number of nitrogens with zero attached hydrogens (tertiary/aromatic N) is 2. The molecule has 1 saturated heterocycles. The highest BCUT2D eigenvalue weighted by atomic mass is 16.3. The molecule has 1 fully saturated rings. The van der Waals surface area contributed by atoms with E-state index in [-0.39, 0.29) is 11.9 Å². The number of likely N-dealkylation sites (tertiary alicyclic amines) is 1. The molecule has 1 atom stereocenters. The van der Waals surface area contributed by atoms with Gasteiger partial charge in [-0.05, 0) is 19.8 Å². The zero-order chi connectivity index (χ0) is 11.4. The van der Waals surface area contributed by atoms with Crippen LogP contribution in [-0.2, 0) is 11.3 Å². The molecule has 0 bridgehead atoms. The summed E-state index contributed by atoms with van der Waals surface area (Å²) in [5, 5.41) is 3.14. The van der Waals surface area contributed by atoms with Gasteiger partial charge in [-0.1, -0.05) is 0 Å². The van der Waals surface area contributed by atoms with E-state index in [4.69, 9.17) is 4.42 Å². The molecule has 1 aromatic heterocycles. The Labute approximate surface area is 94.8 Å². The Morgan fingerprint density at radius 2 is 2.38 bits per heavy atom. The number of amides is 1. The fraction of sp³-hybridized carbons (Fsp3) is 0.636. The number of hydrogen-bond donors (Lipinski definition) is 1. The van der Waals surface area contributed by atoms with Gasteiger partial charge in [0.05, 0.1) is 18.8 Å². The summed E-state index contributed by atoms with van der Waals surface area (Å²) < 4.78 is 5.09. The van der Waals surface area contributed by atoms with Gasteiger partial charge in [0, 0.05) is 13.1 Å². The van der Waals surface area contributed by atoms with E-state index in [0.29, 0.717) is 6.54 Å². The Bertz CT molecular complexity index is 331. The van der Waals surface area contributed by atoms with Crippen LogP contribution in [0, 0.1) is 0 Å². The van der Waals surface area contributed by atoms with Gasteiger partial charge in [-0.2, -0.15) is 0 Å². The number of nitrogens with one attached hydrogen (secondary N) is 1. The molecule has 0 radical (unpaired) electrons. The van der Waals surface area contributed by atoms with Crippen LogP contribution in [-0.4, -0.2) is 34.9 Å². The van der Waals surface area contributed by atoms with Gasteiger partial charge < -0.3 is 9.32 Å². The van der Waals surface area contributed by atoms with Gasteiger partial charge in [0.25, 0.3) is 0 Å². The molecule has 1 N–H and O–H groups in total. The summed E-state index contributed by atoms with van der Waals surface area (Å²) in [5.41, 5.74) is 0. The topological polar surface area (TPSA) is 58.4 Å². The molecule has 2 rings (SSSR count). The molecule has 0 aromatic carbocycles. The average Bonchev–Trinajstić information content (AvgIpc) is 2.96. The molecule has 0 saturated carbocycles. The summed E-state index contributed by atoms with van der Waals surface area (Å²) >= 11 is 0. The molecule has 1 aliphatic rings. The number of oxazole rings is 1. The van der Waals surface area contributed by atoms with Crippen LogP contribution in [0.25, 0.3) is 0 Å². The van der Waals surface area contributed by atoms with Crippen molar-refractivity contribution in [3.8, 4) is 0 Å². The van der Waals surface area contributed by atoms with Crippen molar-refractivity contribution >= 4 is 5.91 Å². The van der Waals surface area contributed by atoms with Gasteiger partial charge in [0.1, 0.15) is 5.76 Å². The molecule has 0 spiro atoms. The lowest BCUT2D eigenvalue weighted by Gasteiger charge is -2.20. The first-order valence-corrected chi connectivity index (χ1v) is 5.67. The fourth-order valence-electron chi connectivity index (χ4n) is 1.88. The third-order valence-corrected chi connectivity index (χ3v) is 2.85. The molecule has 5 nitrogen and oxygen atoms in total. The summed E-state index contributed by atoms with van der Waals surface area (Å²) in [6.07, 6.45) is 5.30. The quantitative estimate of drug-likeness (QED) is 0.819. The SMILES string of the molecule is CC(NCc1cnco1)C(=O)N1CCCC1. The smallest absolute Gasteiger partial charge is 0.239 e. The molecule has 1 amide bonds. The molecular formula is C11H17N3O2. The average molecular weight is 223 g/mol. The summed E-state index contributed by atoms with van der Waals surface area (Å²) in [5.74, 6) is 0.929. The maximum Gasteiger partial charge on any atom is 0.239 e. The number of rotatable bonds is 4. The highest BCUT2D eigenvalue weighted by Gasteiger charge is 2.22. The lowest BCUT2D eigenvalue weighted by Crippen LogP contribution is -2.43. The van der Waals surface area contributed by atoms with Crippen LogP contribution in [0.3, 0.4) is 0 Å². The molecule has 88 valence electrons. The number of carbonyl (C=O) groups is 1. The Hall–Kier alpha value is -1.36. The van der Waals surface area contributed by atoms with E-state index in [0.717, 1.165) is 31.7 Å². The minimum atomic E-state index is -0.164. The Morgan fingerprint density at radius 1 is 1.62 bits per heavy atom. The predicted octanol–water partition coefficient (Wildman–Crippen LogP) is 0.775. The molecule has 1 unspecified atom stereocenters. The summed E-state index contributed by atoms with van der Waals surface area (Å²) in [4.78, 5) is 17.7. The first kappa shape index (κ1) is 11.1. The normalized spacial score (nSPS) is 17.7. The molecule has 2 heterocycles. The molecule has 0 aliphatic carbocycles. The van der Waals surface area contributed by atoms with Gasteiger partial charge in [-0.15, -0.1) is 0 Å². The molecule has 1 aromatic rings. The Morgan fingerprint density at radius 3 is 3.00 bits per heavy atom. The highest BCUT2D eigenvalue weighted by Crippen LogP contribution is 2.09. The summed E-state index contributed by atoms with van der Waals surface area (Å²) in [7, 11) is 0. The minimum Gasteiger partial charge on any atom is -0.447 e. The van der Waals surface area contributed by atoms with Crippen molar-refractivity contribution in [2.24, 2.45) is 0 Å². The zero-order valence-corrected chi connectivity index (χ0v) is 9.48. The molecule has 1 aliphatic heterocycles. The van der Waals surface area contributed by atoms with Crippen LogP contribution < -0.4 is 5.32 Å². The van der Waals surface area contributed by atoms with Crippen molar-refractivity contribution in [2.45, 2.75) is 32.4 Å². The van der Waals surface area contributed by atoms with Crippen molar-refractivity contribution in [1.29, 1.82) is 0 Å². The Balaban J connectivity index is 1.78. The van der Waals surface area contributed by atoms with Gasteiger partial charge in [0.15, 0.2) is 6.39 Å². The standard InChI is InChI=1S/C11H17N3O2/c1-9(11(15)14-4-2-3-5-14)13-7-10-6-12-8-16-10/h6,8-9,13H,2-5,7H2,1H3.